The van der Waals surface area contributed by atoms with Crippen molar-refractivity contribution in [3.8, 4) is 5.75 Å². The van der Waals surface area contributed by atoms with Gasteiger partial charge in [-0.2, -0.15) is 11.3 Å². The maximum Gasteiger partial charge on any atom is 0.255 e. The molecule has 1 N–H and O–H groups in total. The van der Waals surface area contributed by atoms with E-state index in [2.05, 4.69) is 27.0 Å². The molecule has 23 heavy (non-hydrogen) atoms. The number of carbonyl (C=O) groups excluding carboxylic acids is 1. The molecule has 3 rings (SSSR count). The van der Waals surface area contributed by atoms with Crippen molar-refractivity contribution in [2.45, 2.75) is 18.9 Å². The van der Waals surface area contributed by atoms with Gasteiger partial charge in [0.05, 0.1) is 18.7 Å². The summed E-state index contributed by atoms with van der Waals surface area (Å²) in [7, 11) is 1.59. The number of amides is 1. The zero-order valence-electron chi connectivity index (χ0n) is 13.3. The first-order valence-electron chi connectivity index (χ1n) is 7.97. The van der Waals surface area contributed by atoms with Crippen LogP contribution in [-0.2, 0) is 0 Å². The van der Waals surface area contributed by atoms with Crippen molar-refractivity contribution in [3.63, 3.8) is 0 Å². The molecule has 1 aliphatic heterocycles. The minimum absolute atomic E-state index is 0.0816. The number of nitrogens with zero attached hydrogens (tertiary/aromatic N) is 1. The Labute approximate surface area is 141 Å². The number of benzene rings is 1. The van der Waals surface area contributed by atoms with Gasteiger partial charge in [0, 0.05) is 6.54 Å². The summed E-state index contributed by atoms with van der Waals surface area (Å²) in [6.45, 7) is 2.82. The van der Waals surface area contributed by atoms with E-state index in [9.17, 15) is 4.79 Å². The summed E-state index contributed by atoms with van der Waals surface area (Å²) in [5.74, 6) is 0.528. The number of para-hydroxylation sites is 1. The fourth-order valence-corrected chi connectivity index (χ4v) is 3.80. The number of ether oxygens (including phenoxy) is 1. The number of carbonyl (C=O) groups is 1. The molecular weight excluding hydrogens is 308 g/mol. The number of rotatable bonds is 6. The summed E-state index contributed by atoms with van der Waals surface area (Å²) in [5.41, 5.74) is 1.87. The summed E-state index contributed by atoms with van der Waals surface area (Å²) >= 11 is 1.70. The van der Waals surface area contributed by atoms with Gasteiger partial charge in [0.1, 0.15) is 5.75 Å². The lowest BCUT2D eigenvalue weighted by molar-refractivity contribution is 0.0935. The van der Waals surface area contributed by atoms with Crippen LogP contribution in [0.15, 0.2) is 41.1 Å². The van der Waals surface area contributed by atoms with Gasteiger partial charge in [0.25, 0.3) is 5.91 Å². The summed E-state index contributed by atoms with van der Waals surface area (Å²) in [6.07, 6.45) is 2.47. The second-order valence-corrected chi connectivity index (χ2v) is 6.51. The molecule has 0 spiro atoms. The third-order valence-corrected chi connectivity index (χ3v) is 5.02. The molecule has 1 aromatic heterocycles. The average molecular weight is 330 g/mol. The molecule has 1 fully saturated rings. The second kappa shape index (κ2) is 7.62. The van der Waals surface area contributed by atoms with Gasteiger partial charge < -0.3 is 10.1 Å². The molecule has 2 heterocycles. The molecule has 1 unspecified atom stereocenters. The lowest BCUT2D eigenvalue weighted by Gasteiger charge is -2.27. The van der Waals surface area contributed by atoms with Crippen LogP contribution in [0.4, 0.5) is 0 Å². The van der Waals surface area contributed by atoms with Crippen molar-refractivity contribution in [1.29, 1.82) is 0 Å². The van der Waals surface area contributed by atoms with Gasteiger partial charge in [-0.15, -0.1) is 0 Å². The van der Waals surface area contributed by atoms with E-state index >= 15 is 0 Å². The Kier molecular flexibility index (Phi) is 5.31. The van der Waals surface area contributed by atoms with Gasteiger partial charge >= 0.3 is 0 Å². The average Bonchev–Trinajstić information content (AvgIpc) is 3.29. The van der Waals surface area contributed by atoms with Gasteiger partial charge in [-0.3, -0.25) is 9.69 Å². The van der Waals surface area contributed by atoms with E-state index in [1.54, 1.807) is 24.5 Å². The van der Waals surface area contributed by atoms with Gasteiger partial charge in [0.15, 0.2) is 0 Å². The lowest BCUT2D eigenvalue weighted by Crippen LogP contribution is -2.36. The normalized spacial score (nSPS) is 16.2. The lowest BCUT2D eigenvalue weighted by atomic mass is 10.1. The first-order valence-corrected chi connectivity index (χ1v) is 8.91. The van der Waals surface area contributed by atoms with Crippen LogP contribution < -0.4 is 10.1 Å². The number of hydrogen-bond acceptors (Lipinski definition) is 4. The molecule has 1 amide bonds. The van der Waals surface area contributed by atoms with Crippen molar-refractivity contribution in [2.75, 3.05) is 26.7 Å². The molecular formula is C18H22N2O2S. The van der Waals surface area contributed by atoms with Crippen molar-refractivity contribution < 1.29 is 9.53 Å². The van der Waals surface area contributed by atoms with Gasteiger partial charge in [-0.05, 0) is 60.5 Å². The number of nitrogens with one attached hydrogen (secondary N) is 1. The molecule has 1 aliphatic rings. The Morgan fingerprint density at radius 2 is 2.09 bits per heavy atom. The van der Waals surface area contributed by atoms with E-state index in [1.165, 1.54) is 18.4 Å². The third-order valence-electron chi connectivity index (χ3n) is 4.32. The van der Waals surface area contributed by atoms with Crippen LogP contribution in [0.25, 0.3) is 0 Å². The van der Waals surface area contributed by atoms with E-state index < -0.39 is 0 Å². The van der Waals surface area contributed by atoms with Crippen LogP contribution in [-0.4, -0.2) is 37.6 Å². The highest BCUT2D eigenvalue weighted by Gasteiger charge is 2.24. The topological polar surface area (TPSA) is 41.6 Å². The van der Waals surface area contributed by atoms with Crippen molar-refractivity contribution in [1.82, 2.24) is 10.2 Å². The van der Waals surface area contributed by atoms with E-state index in [0.717, 1.165) is 13.1 Å². The molecule has 1 saturated heterocycles. The van der Waals surface area contributed by atoms with Gasteiger partial charge in [-0.1, -0.05) is 12.1 Å². The molecule has 1 aromatic carbocycles. The minimum atomic E-state index is -0.0816. The number of methoxy groups -OCH3 is 1. The van der Waals surface area contributed by atoms with E-state index in [4.69, 9.17) is 4.74 Å². The van der Waals surface area contributed by atoms with Crippen molar-refractivity contribution in [3.05, 3.63) is 52.2 Å². The fourth-order valence-electron chi connectivity index (χ4n) is 3.09. The largest absolute Gasteiger partial charge is 0.496 e. The standard InChI is InChI=1S/C18H22N2O2S/c1-22-17-7-3-2-6-15(17)18(21)19-12-16(14-8-11-23-13-14)20-9-4-5-10-20/h2-3,6-8,11,13,16H,4-5,9-10,12H2,1H3,(H,19,21). The quantitative estimate of drug-likeness (QED) is 0.883. The molecule has 4 nitrogen and oxygen atoms in total. The summed E-state index contributed by atoms with van der Waals surface area (Å²) < 4.78 is 5.28. The van der Waals surface area contributed by atoms with E-state index in [-0.39, 0.29) is 11.9 Å². The molecule has 122 valence electrons. The van der Waals surface area contributed by atoms with Crippen LogP contribution in [0.3, 0.4) is 0 Å². The molecule has 2 aromatic rings. The first-order chi connectivity index (χ1) is 11.3. The molecule has 5 heteroatoms. The molecule has 0 radical (unpaired) electrons. The summed E-state index contributed by atoms with van der Waals surface area (Å²) in [4.78, 5) is 15.0. The third kappa shape index (κ3) is 3.74. The van der Waals surface area contributed by atoms with E-state index in [1.807, 2.05) is 18.2 Å². The van der Waals surface area contributed by atoms with Crippen LogP contribution in [0.2, 0.25) is 0 Å². The minimum Gasteiger partial charge on any atom is -0.496 e. The predicted octanol–water partition coefficient (Wildman–Crippen LogP) is 3.32. The Balaban J connectivity index is 1.70. The summed E-state index contributed by atoms with van der Waals surface area (Å²) in [6, 6.07) is 9.74. The van der Waals surface area contributed by atoms with Crippen molar-refractivity contribution in [2.24, 2.45) is 0 Å². The van der Waals surface area contributed by atoms with Crippen LogP contribution in [0.5, 0.6) is 5.75 Å². The Morgan fingerprint density at radius 1 is 1.30 bits per heavy atom. The molecule has 1 atom stereocenters. The smallest absolute Gasteiger partial charge is 0.255 e. The zero-order valence-corrected chi connectivity index (χ0v) is 14.1. The van der Waals surface area contributed by atoms with Crippen molar-refractivity contribution >= 4 is 17.2 Å². The highest BCUT2D eigenvalue weighted by atomic mass is 32.1. The predicted molar refractivity (Wildman–Crippen MR) is 93.2 cm³/mol. The monoisotopic (exact) mass is 330 g/mol. The van der Waals surface area contributed by atoms with E-state index in [0.29, 0.717) is 17.9 Å². The maximum atomic E-state index is 12.5. The Bertz CT molecular complexity index is 636. The number of thiophene rings is 1. The fraction of sp³-hybridized carbons (Fsp3) is 0.389. The number of hydrogen-bond donors (Lipinski definition) is 1. The van der Waals surface area contributed by atoms with Crippen LogP contribution in [0.1, 0.15) is 34.8 Å². The Hall–Kier alpha value is -1.85. The zero-order chi connectivity index (χ0) is 16.1. The van der Waals surface area contributed by atoms with Crippen LogP contribution in [0, 0.1) is 0 Å². The SMILES string of the molecule is COc1ccccc1C(=O)NCC(c1ccsc1)N1CCCC1. The number of likely N-dealkylation sites (tertiary alicyclic amines) is 1. The van der Waals surface area contributed by atoms with Gasteiger partial charge in [0.2, 0.25) is 0 Å². The molecule has 0 aliphatic carbocycles. The first kappa shape index (κ1) is 16.0. The highest BCUT2D eigenvalue weighted by molar-refractivity contribution is 7.07. The van der Waals surface area contributed by atoms with Crippen LogP contribution >= 0.6 is 11.3 Å². The van der Waals surface area contributed by atoms with Gasteiger partial charge in [-0.25, -0.2) is 0 Å². The Morgan fingerprint density at radius 3 is 2.78 bits per heavy atom. The maximum absolute atomic E-state index is 12.5. The molecule has 0 saturated carbocycles. The molecule has 0 bridgehead atoms. The second-order valence-electron chi connectivity index (χ2n) is 5.73. The highest BCUT2D eigenvalue weighted by Crippen LogP contribution is 2.26. The summed E-state index contributed by atoms with van der Waals surface area (Å²) in [5, 5.41) is 7.36.